The zero-order valence-electron chi connectivity index (χ0n) is 14.1. The Kier molecular flexibility index (Phi) is 4.90. The molecule has 2 atom stereocenters. The molecule has 2 aromatic rings. The van der Waals surface area contributed by atoms with Crippen LogP contribution in [0.15, 0.2) is 28.9 Å². The zero-order valence-corrected chi connectivity index (χ0v) is 14.9. The molecule has 26 heavy (non-hydrogen) atoms. The fourth-order valence-electron chi connectivity index (χ4n) is 2.88. The number of carbonyl (C=O) groups is 2. The summed E-state index contributed by atoms with van der Waals surface area (Å²) in [7, 11) is -3.10. The minimum Gasteiger partial charge on any atom is -0.508 e. The number of rotatable bonds is 5. The van der Waals surface area contributed by atoms with Gasteiger partial charge in [0.2, 0.25) is 0 Å². The molecule has 1 aromatic carbocycles. The van der Waals surface area contributed by atoms with Crippen molar-refractivity contribution in [1.29, 1.82) is 0 Å². The van der Waals surface area contributed by atoms with Crippen LogP contribution in [0.1, 0.15) is 18.9 Å². The van der Waals surface area contributed by atoms with Crippen molar-refractivity contribution in [3.63, 3.8) is 0 Å². The van der Waals surface area contributed by atoms with Gasteiger partial charge in [-0.1, -0.05) is 0 Å². The molecule has 1 fully saturated rings. The van der Waals surface area contributed by atoms with Gasteiger partial charge >= 0.3 is 5.97 Å². The first-order chi connectivity index (χ1) is 12.2. The summed E-state index contributed by atoms with van der Waals surface area (Å²) in [6.07, 6.45) is 0.642. The molecule has 1 aliphatic heterocycles. The van der Waals surface area contributed by atoms with Crippen molar-refractivity contribution in [2.45, 2.75) is 31.9 Å². The number of hydrogen-bond acceptors (Lipinski definition) is 7. The van der Waals surface area contributed by atoms with Gasteiger partial charge in [-0.15, -0.1) is 0 Å². The van der Waals surface area contributed by atoms with Gasteiger partial charge < -0.3 is 19.6 Å². The van der Waals surface area contributed by atoms with Crippen molar-refractivity contribution in [3.05, 3.63) is 30.0 Å². The van der Waals surface area contributed by atoms with Gasteiger partial charge in [0.25, 0.3) is 5.91 Å². The average molecular weight is 381 g/mol. The van der Waals surface area contributed by atoms with E-state index in [9.17, 15) is 23.1 Å². The Morgan fingerprint density at radius 2 is 2.19 bits per heavy atom. The Labute approximate surface area is 150 Å². The zero-order chi connectivity index (χ0) is 18.9. The van der Waals surface area contributed by atoms with Gasteiger partial charge in [-0.2, -0.15) is 0 Å². The van der Waals surface area contributed by atoms with E-state index in [1.54, 1.807) is 6.07 Å². The lowest BCUT2D eigenvalue weighted by molar-refractivity contribution is -0.154. The summed E-state index contributed by atoms with van der Waals surface area (Å²) in [5, 5.41) is 12.7. The third-order valence-electron chi connectivity index (χ3n) is 4.23. The van der Waals surface area contributed by atoms with E-state index in [1.807, 2.05) is 0 Å². The van der Waals surface area contributed by atoms with E-state index >= 15 is 0 Å². The molecule has 0 spiro atoms. The Hall–Kier alpha value is -2.55. The number of fused-ring (bicyclic) bond motifs is 1. The summed E-state index contributed by atoms with van der Waals surface area (Å²) in [4.78, 5) is 24.2. The summed E-state index contributed by atoms with van der Waals surface area (Å²) in [5.41, 5.74) is 1.03. The molecule has 2 N–H and O–H groups in total. The van der Waals surface area contributed by atoms with Crippen LogP contribution in [0.3, 0.4) is 0 Å². The maximum atomic E-state index is 12.1. The molecule has 0 bridgehead atoms. The van der Waals surface area contributed by atoms with Gasteiger partial charge in [0, 0.05) is 23.1 Å². The number of benzene rings is 1. The van der Waals surface area contributed by atoms with Gasteiger partial charge in [0.15, 0.2) is 15.9 Å². The van der Waals surface area contributed by atoms with E-state index in [0.29, 0.717) is 23.0 Å². The molecule has 0 aliphatic carbocycles. The van der Waals surface area contributed by atoms with Crippen molar-refractivity contribution in [3.8, 4) is 5.75 Å². The van der Waals surface area contributed by atoms with Gasteiger partial charge in [-0.05, 0) is 25.5 Å². The Morgan fingerprint density at radius 3 is 2.88 bits per heavy atom. The van der Waals surface area contributed by atoms with Gasteiger partial charge in [-0.25, -0.2) is 8.42 Å². The molecule has 3 rings (SSSR count). The number of sulfone groups is 1. The number of nitrogens with one attached hydrogen (secondary N) is 1. The topological polar surface area (TPSA) is 123 Å². The van der Waals surface area contributed by atoms with Crippen molar-refractivity contribution >= 4 is 32.7 Å². The van der Waals surface area contributed by atoms with Gasteiger partial charge in [0.1, 0.15) is 11.3 Å². The minimum atomic E-state index is -3.10. The average Bonchev–Trinajstić information content (AvgIpc) is 3.09. The van der Waals surface area contributed by atoms with Crippen LogP contribution in [0.5, 0.6) is 5.75 Å². The van der Waals surface area contributed by atoms with Crippen LogP contribution in [0.4, 0.5) is 0 Å². The van der Waals surface area contributed by atoms with Crippen molar-refractivity contribution in [2.75, 3.05) is 11.5 Å². The number of carbonyl (C=O) groups excluding carboxylic acids is 2. The van der Waals surface area contributed by atoms with Crippen molar-refractivity contribution in [2.24, 2.45) is 0 Å². The van der Waals surface area contributed by atoms with E-state index in [0.717, 1.165) is 0 Å². The highest BCUT2D eigenvalue weighted by molar-refractivity contribution is 7.91. The summed E-state index contributed by atoms with van der Waals surface area (Å²) in [6.45, 7) is 1.43. The van der Waals surface area contributed by atoms with E-state index in [4.69, 9.17) is 9.15 Å². The molecule has 1 saturated heterocycles. The Balaban J connectivity index is 1.56. The van der Waals surface area contributed by atoms with Crippen LogP contribution in [-0.4, -0.2) is 49.1 Å². The fraction of sp³-hybridized carbons (Fsp3) is 0.412. The minimum absolute atomic E-state index is 0.0508. The fourth-order valence-corrected chi connectivity index (χ4v) is 4.56. The second kappa shape index (κ2) is 6.99. The predicted molar refractivity (Wildman–Crippen MR) is 92.3 cm³/mol. The third-order valence-corrected chi connectivity index (χ3v) is 6.00. The van der Waals surface area contributed by atoms with E-state index in [-0.39, 0.29) is 23.7 Å². The maximum Gasteiger partial charge on any atom is 0.311 e. The smallest absolute Gasteiger partial charge is 0.311 e. The van der Waals surface area contributed by atoms with Crippen LogP contribution in [-0.2, 0) is 30.6 Å². The Bertz CT molecular complexity index is 947. The normalized spacial score (nSPS) is 20.0. The number of aromatic hydroxyl groups is 1. The molecule has 2 heterocycles. The molecule has 9 heteroatoms. The largest absolute Gasteiger partial charge is 0.508 e. The van der Waals surface area contributed by atoms with Crippen LogP contribution in [0, 0.1) is 0 Å². The van der Waals surface area contributed by atoms with Gasteiger partial charge in [-0.3, -0.25) is 9.59 Å². The highest BCUT2D eigenvalue weighted by Gasteiger charge is 2.30. The van der Waals surface area contributed by atoms with E-state index in [2.05, 4.69) is 5.32 Å². The molecule has 0 saturated carbocycles. The van der Waals surface area contributed by atoms with Crippen LogP contribution in [0.2, 0.25) is 0 Å². The van der Waals surface area contributed by atoms with Crippen LogP contribution < -0.4 is 5.32 Å². The predicted octanol–water partition coefficient (Wildman–Crippen LogP) is 0.916. The second-order valence-corrected chi connectivity index (χ2v) is 8.59. The summed E-state index contributed by atoms with van der Waals surface area (Å²) in [5.74, 6) is -1.12. The summed E-state index contributed by atoms with van der Waals surface area (Å²) in [6, 6.07) is 4.11. The third kappa shape index (κ3) is 4.16. The lowest BCUT2D eigenvalue weighted by Gasteiger charge is -2.16. The van der Waals surface area contributed by atoms with Gasteiger partial charge in [0.05, 0.1) is 24.2 Å². The highest BCUT2D eigenvalue weighted by atomic mass is 32.2. The van der Waals surface area contributed by atoms with Crippen molar-refractivity contribution < 1.29 is 32.3 Å². The molecule has 1 amide bonds. The molecule has 8 nitrogen and oxygen atoms in total. The van der Waals surface area contributed by atoms with E-state index in [1.165, 1.54) is 25.3 Å². The number of phenols is 1. The molecule has 0 unspecified atom stereocenters. The monoisotopic (exact) mass is 381 g/mol. The molecule has 0 radical (unpaired) electrons. The number of hydrogen-bond donors (Lipinski definition) is 2. The first kappa shape index (κ1) is 18.2. The number of phenolic OH excluding ortho intramolecular Hbond substituents is 1. The number of esters is 1. The molecular formula is C17H19NO7S. The number of amides is 1. The van der Waals surface area contributed by atoms with E-state index < -0.39 is 33.9 Å². The molecule has 1 aromatic heterocycles. The van der Waals surface area contributed by atoms with Crippen LogP contribution in [0.25, 0.3) is 11.0 Å². The Morgan fingerprint density at radius 1 is 1.42 bits per heavy atom. The first-order valence-corrected chi connectivity index (χ1v) is 9.95. The lowest BCUT2D eigenvalue weighted by Crippen LogP contribution is -2.42. The SMILES string of the molecule is C[C@@H](OC(=O)Cc1coc2cc(O)ccc12)C(=O)N[C@H]1CCS(=O)(=O)C1. The van der Waals surface area contributed by atoms with Crippen molar-refractivity contribution in [1.82, 2.24) is 5.32 Å². The second-order valence-electron chi connectivity index (χ2n) is 6.36. The maximum absolute atomic E-state index is 12.1. The number of ether oxygens (including phenoxy) is 1. The quantitative estimate of drug-likeness (QED) is 0.738. The first-order valence-electron chi connectivity index (χ1n) is 8.13. The van der Waals surface area contributed by atoms with Crippen LogP contribution >= 0.6 is 0 Å². The summed E-state index contributed by atoms with van der Waals surface area (Å²) < 4.78 is 33.2. The highest BCUT2D eigenvalue weighted by Crippen LogP contribution is 2.25. The lowest BCUT2D eigenvalue weighted by atomic mass is 10.1. The molecule has 1 aliphatic rings. The standard InChI is InChI=1S/C17H19NO7S/c1-10(17(21)18-12-4-5-26(22,23)9-12)25-16(20)6-11-8-24-15-7-13(19)2-3-14(11)15/h2-3,7-8,10,12,19H,4-6,9H2,1H3,(H,18,21)/t10-,12+/m1/s1. The molecule has 140 valence electrons. The summed E-state index contributed by atoms with van der Waals surface area (Å²) >= 11 is 0. The number of furan rings is 1. The molecular weight excluding hydrogens is 362 g/mol.